The molecule has 0 N–H and O–H groups in total. The molecule has 0 unspecified atom stereocenters. The number of benzene rings is 9. The molecule has 0 atom stereocenters. The number of anilines is 3. The molecular formula is C50H33NO. The summed E-state index contributed by atoms with van der Waals surface area (Å²) in [5, 5.41) is 7.10. The molecule has 0 aliphatic rings. The van der Waals surface area contributed by atoms with Crippen LogP contribution in [0.3, 0.4) is 0 Å². The molecule has 0 saturated carbocycles. The molecule has 0 fully saturated rings. The Balaban J connectivity index is 1.10. The first-order chi connectivity index (χ1) is 25.8. The molecule has 0 radical (unpaired) electrons. The summed E-state index contributed by atoms with van der Waals surface area (Å²) >= 11 is 0. The lowest BCUT2D eigenvalue weighted by molar-refractivity contribution is 0.673. The number of rotatable bonds is 6. The smallest absolute Gasteiger partial charge is 0.143 e. The van der Waals surface area contributed by atoms with Crippen molar-refractivity contribution in [1.82, 2.24) is 0 Å². The molecule has 9 aromatic carbocycles. The van der Waals surface area contributed by atoms with Gasteiger partial charge in [-0.1, -0.05) is 158 Å². The molecule has 0 aliphatic heterocycles. The van der Waals surface area contributed by atoms with Gasteiger partial charge in [-0.25, -0.2) is 0 Å². The van der Waals surface area contributed by atoms with E-state index >= 15 is 0 Å². The monoisotopic (exact) mass is 663 g/mol. The van der Waals surface area contributed by atoms with Gasteiger partial charge in [-0.2, -0.15) is 0 Å². The lowest BCUT2D eigenvalue weighted by Gasteiger charge is -2.28. The third kappa shape index (κ3) is 5.04. The van der Waals surface area contributed by atoms with E-state index in [0.29, 0.717) is 0 Å². The van der Waals surface area contributed by atoms with Crippen LogP contribution in [0, 0.1) is 0 Å². The SMILES string of the molecule is c1ccc(-c2ccccc2N(c2ccc(-c3cccc4ccccc34)cc2)c2ccc(-c3cccc4oc5c6ccccc6ccc5c34)cc2)cc1. The summed E-state index contributed by atoms with van der Waals surface area (Å²) in [5.41, 5.74) is 12.2. The van der Waals surface area contributed by atoms with Crippen LogP contribution in [0.4, 0.5) is 17.1 Å². The minimum atomic E-state index is 0.901. The van der Waals surface area contributed by atoms with E-state index in [0.717, 1.165) is 55.5 Å². The average Bonchev–Trinajstić information content (AvgIpc) is 3.62. The molecule has 0 spiro atoms. The fourth-order valence-corrected chi connectivity index (χ4v) is 7.81. The van der Waals surface area contributed by atoms with Gasteiger partial charge in [0.05, 0.1) is 5.69 Å². The van der Waals surface area contributed by atoms with Crippen molar-refractivity contribution in [2.75, 3.05) is 4.90 Å². The van der Waals surface area contributed by atoms with Crippen LogP contribution >= 0.6 is 0 Å². The largest absolute Gasteiger partial charge is 0.455 e. The molecule has 10 rings (SSSR count). The van der Waals surface area contributed by atoms with Crippen molar-refractivity contribution in [1.29, 1.82) is 0 Å². The highest BCUT2D eigenvalue weighted by Crippen LogP contribution is 2.44. The highest BCUT2D eigenvalue weighted by molar-refractivity contribution is 6.19. The minimum absolute atomic E-state index is 0.901. The molecule has 52 heavy (non-hydrogen) atoms. The number of hydrogen-bond acceptors (Lipinski definition) is 2. The van der Waals surface area contributed by atoms with Crippen molar-refractivity contribution in [3.63, 3.8) is 0 Å². The Bertz CT molecular complexity index is 2880. The van der Waals surface area contributed by atoms with E-state index in [1.807, 2.05) is 0 Å². The van der Waals surface area contributed by atoms with Gasteiger partial charge in [-0.05, 0) is 86.4 Å². The topological polar surface area (TPSA) is 16.4 Å². The van der Waals surface area contributed by atoms with E-state index < -0.39 is 0 Å². The summed E-state index contributed by atoms with van der Waals surface area (Å²) in [6, 6.07) is 71.6. The van der Waals surface area contributed by atoms with Crippen molar-refractivity contribution in [3.8, 4) is 33.4 Å². The van der Waals surface area contributed by atoms with Crippen LogP contribution in [-0.2, 0) is 0 Å². The van der Waals surface area contributed by atoms with Gasteiger partial charge >= 0.3 is 0 Å². The van der Waals surface area contributed by atoms with Crippen molar-refractivity contribution in [3.05, 3.63) is 200 Å². The second-order valence-electron chi connectivity index (χ2n) is 13.3. The van der Waals surface area contributed by atoms with Crippen LogP contribution in [0.25, 0.3) is 76.9 Å². The quantitative estimate of drug-likeness (QED) is 0.176. The molecule has 244 valence electrons. The Morgan fingerprint density at radius 1 is 0.327 bits per heavy atom. The third-order valence-corrected chi connectivity index (χ3v) is 10.3. The summed E-state index contributed by atoms with van der Waals surface area (Å²) in [6.07, 6.45) is 0. The van der Waals surface area contributed by atoms with Crippen LogP contribution < -0.4 is 4.90 Å². The summed E-state index contributed by atoms with van der Waals surface area (Å²) < 4.78 is 6.52. The summed E-state index contributed by atoms with van der Waals surface area (Å²) in [5.74, 6) is 0. The normalized spacial score (nSPS) is 11.5. The standard InChI is InChI=1S/C50H33NO/c1-2-12-35(13-3-1)43-18-8-9-22-47(43)51(39-29-24-37(25-30-39)42-20-10-16-34-14-4-6-17-41(34)42)40-31-26-38(27-32-40)44-21-11-23-48-49(44)46-33-28-36-15-5-7-19-45(36)50(46)52-48/h1-33H. The van der Waals surface area contributed by atoms with E-state index in [-0.39, 0.29) is 0 Å². The van der Waals surface area contributed by atoms with Crippen molar-refractivity contribution in [2.24, 2.45) is 0 Å². The molecule has 1 heterocycles. The highest BCUT2D eigenvalue weighted by atomic mass is 16.3. The van der Waals surface area contributed by atoms with Gasteiger partial charge in [-0.3, -0.25) is 0 Å². The van der Waals surface area contributed by atoms with E-state index in [9.17, 15) is 0 Å². The van der Waals surface area contributed by atoms with Crippen molar-refractivity contribution in [2.45, 2.75) is 0 Å². The molecule has 2 heteroatoms. The van der Waals surface area contributed by atoms with Crippen molar-refractivity contribution < 1.29 is 4.42 Å². The molecule has 0 bridgehead atoms. The predicted molar refractivity (Wildman–Crippen MR) is 220 cm³/mol. The second-order valence-corrected chi connectivity index (χ2v) is 13.3. The number of furan rings is 1. The first-order valence-corrected chi connectivity index (χ1v) is 17.8. The maximum atomic E-state index is 6.52. The number of fused-ring (bicyclic) bond motifs is 6. The van der Waals surface area contributed by atoms with Gasteiger partial charge < -0.3 is 9.32 Å². The Morgan fingerprint density at radius 2 is 0.865 bits per heavy atom. The van der Waals surface area contributed by atoms with Crippen LogP contribution in [0.5, 0.6) is 0 Å². The van der Waals surface area contributed by atoms with E-state index in [1.54, 1.807) is 0 Å². The first-order valence-electron chi connectivity index (χ1n) is 17.8. The first kappa shape index (κ1) is 30.0. The molecule has 10 aromatic rings. The lowest BCUT2D eigenvalue weighted by Crippen LogP contribution is -2.11. The molecule has 0 amide bonds. The van der Waals surface area contributed by atoms with E-state index in [1.165, 1.54) is 38.4 Å². The number of nitrogens with zero attached hydrogens (tertiary/aromatic N) is 1. The Hall–Kier alpha value is -6.90. The summed E-state index contributed by atoms with van der Waals surface area (Å²) in [4.78, 5) is 2.37. The zero-order valence-corrected chi connectivity index (χ0v) is 28.4. The van der Waals surface area contributed by atoms with Gasteiger partial charge in [0.15, 0.2) is 0 Å². The second kappa shape index (κ2) is 12.5. The fraction of sp³-hybridized carbons (Fsp3) is 0. The molecule has 0 saturated heterocycles. The van der Waals surface area contributed by atoms with Crippen LogP contribution in [-0.4, -0.2) is 0 Å². The van der Waals surface area contributed by atoms with Crippen LogP contribution in [0.1, 0.15) is 0 Å². The van der Waals surface area contributed by atoms with E-state index in [4.69, 9.17) is 4.42 Å². The van der Waals surface area contributed by atoms with Crippen LogP contribution in [0.2, 0.25) is 0 Å². The molecule has 1 aromatic heterocycles. The average molecular weight is 664 g/mol. The fourth-order valence-electron chi connectivity index (χ4n) is 7.81. The predicted octanol–water partition coefficient (Wildman–Crippen LogP) is 14.4. The Morgan fingerprint density at radius 3 is 1.63 bits per heavy atom. The van der Waals surface area contributed by atoms with Crippen LogP contribution in [0.15, 0.2) is 205 Å². The summed E-state index contributed by atoms with van der Waals surface area (Å²) in [6.45, 7) is 0. The molecule has 2 nitrogen and oxygen atoms in total. The number of para-hydroxylation sites is 1. The number of hydrogen-bond donors (Lipinski definition) is 0. The molecular weight excluding hydrogens is 631 g/mol. The Labute approximate surface area is 302 Å². The zero-order valence-electron chi connectivity index (χ0n) is 28.4. The maximum absolute atomic E-state index is 6.52. The minimum Gasteiger partial charge on any atom is -0.455 e. The third-order valence-electron chi connectivity index (χ3n) is 10.3. The highest BCUT2D eigenvalue weighted by Gasteiger charge is 2.19. The Kier molecular flexibility index (Phi) is 7.18. The van der Waals surface area contributed by atoms with Gasteiger partial charge in [-0.15, -0.1) is 0 Å². The van der Waals surface area contributed by atoms with Gasteiger partial charge in [0, 0.05) is 33.1 Å². The maximum Gasteiger partial charge on any atom is 0.143 e. The van der Waals surface area contributed by atoms with Gasteiger partial charge in [0.2, 0.25) is 0 Å². The van der Waals surface area contributed by atoms with Gasteiger partial charge in [0.1, 0.15) is 11.2 Å². The van der Waals surface area contributed by atoms with E-state index in [2.05, 4.69) is 205 Å². The zero-order chi connectivity index (χ0) is 34.4. The summed E-state index contributed by atoms with van der Waals surface area (Å²) in [7, 11) is 0. The molecule has 0 aliphatic carbocycles. The van der Waals surface area contributed by atoms with Crippen molar-refractivity contribution >= 4 is 60.5 Å². The van der Waals surface area contributed by atoms with Gasteiger partial charge in [0.25, 0.3) is 0 Å². The lowest BCUT2D eigenvalue weighted by atomic mass is 9.97.